The minimum absolute atomic E-state index is 0.373. The van der Waals surface area contributed by atoms with E-state index < -0.39 is 0 Å². The van der Waals surface area contributed by atoms with Crippen molar-refractivity contribution in [1.29, 1.82) is 0 Å². The van der Waals surface area contributed by atoms with Gasteiger partial charge in [0.25, 0.3) is 0 Å². The fourth-order valence-corrected chi connectivity index (χ4v) is 4.30. The van der Waals surface area contributed by atoms with Gasteiger partial charge in [-0.05, 0) is 62.1 Å². The number of imidazole rings is 1. The monoisotopic (exact) mass is 493 g/mol. The Morgan fingerprint density at radius 1 is 0.946 bits per heavy atom. The van der Waals surface area contributed by atoms with Gasteiger partial charge in [-0.15, -0.1) is 0 Å². The molecule has 2 N–H and O–H groups in total. The highest BCUT2D eigenvalue weighted by Crippen LogP contribution is 2.33. The molecule has 0 radical (unpaired) electrons. The summed E-state index contributed by atoms with van der Waals surface area (Å²) in [7, 11) is 3.93. The normalized spacial score (nSPS) is 11.6. The summed E-state index contributed by atoms with van der Waals surface area (Å²) < 4.78 is 20.3. The summed E-state index contributed by atoms with van der Waals surface area (Å²) in [6, 6.07) is 18.4. The Bertz CT molecular complexity index is 1710. The number of halogens is 1. The van der Waals surface area contributed by atoms with Crippen LogP contribution >= 0.6 is 0 Å². The second-order valence-corrected chi connectivity index (χ2v) is 9.02. The van der Waals surface area contributed by atoms with E-state index in [0.29, 0.717) is 40.6 Å². The van der Waals surface area contributed by atoms with Crippen molar-refractivity contribution in [3.05, 3.63) is 78.9 Å². The molecular weight excluding hydrogens is 469 g/mol. The number of benzene rings is 2. The van der Waals surface area contributed by atoms with E-state index in [1.165, 1.54) is 12.1 Å². The topological polar surface area (TPSA) is 95.6 Å². The van der Waals surface area contributed by atoms with Crippen molar-refractivity contribution in [3.8, 4) is 39.7 Å². The van der Waals surface area contributed by atoms with Crippen LogP contribution in [0.25, 0.3) is 56.0 Å². The van der Waals surface area contributed by atoms with Crippen molar-refractivity contribution in [2.45, 2.75) is 0 Å². The van der Waals surface area contributed by atoms with Crippen molar-refractivity contribution in [2.24, 2.45) is 0 Å². The summed E-state index contributed by atoms with van der Waals surface area (Å²) in [5.74, 6) is 0.669. The quantitative estimate of drug-likeness (QED) is 0.313. The van der Waals surface area contributed by atoms with Gasteiger partial charge >= 0.3 is 0 Å². The van der Waals surface area contributed by atoms with Crippen molar-refractivity contribution in [1.82, 2.24) is 35.0 Å². The molecular formula is C28H24FN7O. The first-order valence-electron chi connectivity index (χ1n) is 11.9. The van der Waals surface area contributed by atoms with Crippen LogP contribution in [0.1, 0.15) is 0 Å². The number of nitrogens with zero attached hydrogens (tertiary/aromatic N) is 5. The second kappa shape index (κ2) is 9.44. The van der Waals surface area contributed by atoms with E-state index in [1.807, 2.05) is 67.5 Å². The largest absolute Gasteiger partial charge is 0.492 e. The molecule has 0 amide bonds. The Kier molecular flexibility index (Phi) is 5.82. The van der Waals surface area contributed by atoms with Crippen molar-refractivity contribution < 1.29 is 9.13 Å². The van der Waals surface area contributed by atoms with Crippen molar-refractivity contribution in [3.63, 3.8) is 0 Å². The van der Waals surface area contributed by atoms with Gasteiger partial charge in [-0.25, -0.2) is 14.4 Å². The number of H-pyrrole nitrogens is 2. The number of ether oxygens (including phenoxy) is 1. The Labute approximate surface area is 212 Å². The zero-order valence-electron chi connectivity index (χ0n) is 20.4. The van der Waals surface area contributed by atoms with Crippen molar-refractivity contribution in [2.75, 3.05) is 27.2 Å². The van der Waals surface area contributed by atoms with Gasteiger partial charge in [0.1, 0.15) is 23.9 Å². The van der Waals surface area contributed by atoms with Gasteiger partial charge in [-0.3, -0.25) is 10.1 Å². The van der Waals surface area contributed by atoms with Crippen LogP contribution in [0.2, 0.25) is 0 Å². The number of hydrogen-bond acceptors (Lipinski definition) is 6. The number of rotatable bonds is 7. The summed E-state index contributed by atoms with van der Waals surface area (Å²) >= 11 is 0. The highest BCUT2D eigenvalue weighted by Gasteiger charge is 2.17. The van der Waals surface area contributed by atoms with Gasteiger partial charge in [-0.1, -0.05) is 12.1 Å². The van der Waals surface area contributed by atoms with Gasteiger partial charge in [-0.2, -0.15) is 5.10 Å². The molecule has 4 aromatic heterocycles. The van der Waals surface area contributed by atoms with E-state index in [2.05, 4.69) is 25.1 Å². The lowest BCUT2D eigenvalue weighted by Crippen LogP contribution is -2.19. The van der Waals surface area contributed by atoms with Crippen LogP contribution in [0.5, 0.6) is 5.75 Å². The van der Waals surface area contributed by atoms with Crippen LogP contribution in [0.3, 0.4) is 0 Å². The first kappa shape index (κ1) is 22.8. The molecule has 0 aliphatic rings. The first-order chi connectivity index (χ1) is 18.0. The number of pyridine rings is 2. The molecule has 8 nitrogen and oxygen atoms in total. The lowest BCUT2D eigenvalue weighted by atomic mass is 10.1. The van der Waals surface area contributed by atoms with Gasteiger partial charge in [0.05, 0.1) is 16.7 Å². The Morgan fingerprint density at radius 2 is 1.86 bits per heavy atom. The molecule has 0 saturated carbocycles. The Morgan fingerprint density at radius 3 is 2.70 bits per heavy atom. The van der Waals surface area contributed by atoms with Crippen LogP contribution < -0.4 is 4.74 Å². The minimum atomic E-state index is -0.373. The molecule has 0 atom stereocenters. The predicted molar refractivity (Wildman–Crippen MR) is 142 cm³/mol. The highest BCUT2D eigenvalue weighted by molar-refractivity contribution is 5.97. The fourth-order valence-electron chi connectivity index (χ4n) is 4.30. The smallest absolute Gasteiger partial charge is 0.178 e. The Balaban J connectivity index is 1.41. The highest BCUT2D eigenvalue weighted by atomic mass is 19.1. The standard InChI is InChI=1S/C28H24FN7O/c1-36(2)11-12-37-20-14-18(13-19(29)16-20)21-8-10-31-27-25(21)32-28(33-27)26-22-15-17(6-7-24(22)34-35-26)23-5-3-4-9-30-23/h3-10,13-16H,11-12H2,1-2H3,(H,34,35)(H,31,32,33). The second-order valence-electron chi connectivity index (χ2n) is 9.02. The third kappa shape index (κ3) is 4.52. The average Bonchev–Trinajstić information content (AvgIpc) is 3.52. The van der Waals surface area contributed by atoms with Crippen LogP contribution in [0.4, 0.5) is 4.39 Å². The summed E-state index contributed by atoms with van der Waals surface area (Å²) in [6.07, 6.45) is 3.44. The number of fused-ring (bicyclic) bond motifs is 2. The average molecular weight is 494 g/mol. The predicted octanol–water partition coefficient (Wildman–Crippen LogP) is 5.31. The maximum atomic E-state index is 14.5. The third-order valence-electron chi connectivity index (χ3n) is 6.13. The molecule has 0 bridgehead atoms. The first-order valence-corrected chi connectivity index (χ1v) is 11.9. The summed E-state index contributed by atoms with van der Waals surface area (Å²) in [5.41, 5.74) is 6.06. The number of likely N-dealkylation sites (N-methyl/N-ethyl adjacent to an activating group) is 1. The number of aromatic nitrogens is 6. The van der Waals surface area contributed by atoms with Crippen LogP contribution in [0, 0.1) is 5.82 Å². The Hall–Kier alpha value is -4.63. The van der Waals surface area contributed by atoms with Crippen LogP contribution in [-0.4, -0.2) is 62.3 Å². The molecule has 4 heterocycles. The van der Waals surface area contributed by atoms with E-state index in [0.717, 1.165) is 34.3 Å². The molecule has 0 unspecified atom stereocenters. The van der Waals surface area contributed by atoms with Gasteiger partial charge in [0.15, 0.2) is 11.5 Å². The lowest BCUT2D eigenvalue weighted by molar-refractivity contribution is 0.260. The number of nitrogens with one attached hydrogen (secondary N) is 2. The zero-order chi connectivity index (χ0) is 25.4. The molecule has 0 spiro atoms. The molecule has 6 aromatic rings. The van der Waals surface area contributed by atoms with E-state index >= 15 is 0 Å². The van der Waals surface area contributed by atoms with Gasteiger partial charge in [0.2, 0.25) is 0 Å². The molecule has 6 rings (SSSR count). The fraction of sp³-hybridized carbons (Fsp3) is 0.143. The molecule has 9 heteroatoms. The van der Waals surface area contributed by atoms with Crippen LogP contribution in [0.15, 0.2) is 73.1 Å². The maximum absolute atomic E-state index is 14.5. The number of aromatic amines is 2. The summed E-state index contributed by atoms with van der Waals surface area (Å²) in [4.78, 5) is 19.0. The van der Waals surface area contributed by atoms with E-state index in [1.54, 1.807) is 12.4 Å². The van der Waals surface area contributed by atoms with E-state index in [-0.39, 0.29) is 5.82 Å². The van der Waals surface area contributed by atoms with E-state index in [9.17, 15) is 4.39 Å². The van der Waals surface area contributed by atoms with E-state index in [4.69, 9.17) is 9.72 Å². The molecule has 0 saturated heterocycles. The lowest BCUT2D eigenvalue weighted by Gasteiger charge is -2.12. The van der Waals surface area contributed by atoms with Crippen LogP contribution in [-0.2, 0) is 0 Å². The van der Waals surface area contributed by atoms with Crippen molar-refractivity contribution >= 4 is 22.1 Å². The molecule has 37 heavy (non-hydrogen) atoms. The number of hydrogen-bond donors (Lipinski definition) is 2. The summed E-state index contributed by atoms with van der Waals surface area (Å²) in [5, 5.41) is 8.51. The molecule has 0 aliphatic heterocycles. The van der Waals surface area contributed by atoms with Gasteiger partial charge in [0, 0.05) is 41.5 Å². The van der Waals surface area contributed by atoms with Gasteiger partial charge < -0.3 is 14.6 Å². The zero-order valence-corrected chi connectivity index (χ0v) is 20.4. The minimum Gasteiger partial charge on any atom is -0.492 e. The molecule has 2 aromatic carbocycles. The molecule has 0 aliphatic carbocycles. The molecule has 184 valence electrons. The molecule has 0 fully saturated rings. The SMILES string of the molecule is CN(C)CCOc1cc(F)cc(-c2ccnc3nc(-c4n[nH]c5ccc(-c6ccccn6)cc45)[nH]c23)c1. The summed E-state index contributed by atoms with van der Waals surface area (Å²) in [6.45, 7) is 1.19. The third-order valence-corrected chi connectivity index (χ3v) is 6.13. The maximum Gasteiger partial charge on any atom is 0.178 e.